The number of nitrogens with one attached hydrogen (secondary N) is 1. The van der Waals surface area contributed by atoms with Gasteiger partial charge >= 0.3 is 0 Å². The fourth-order valence-corrected chi connectivity index (χ4v) is 4.95. The van der Waals surface area contributed by atoms with Crippen molar-refractivity contribution in [3.63, 3.8) is 0 Å². The summed E-state index contributed by atoms with van der Waals surface area (Å²) in [5.41, 5.74) is 1.86. The molecule has 2 aromatic carbocycles. The van der Waals surface area contributed by atoms with Gasteiger partial charge in [-0.05, 0) is 89.7 Å². The van der Waals surface area contributed by atoms with Gasteiger partial charge in [0.2, 0.25) is 0 Å². The lowest BCUT2D eigenvalue weighted by atomic mass is 9.86. The number of ether oxygens (including phenoxy) is 2. The predicted molar refractivity (Wildman–Crippen MR) is 142 cm³/mol. The summed E-state index contributed by atoms with van der Waals surface area (Å²) in [5, 5.41) is 12.7. The van der Waals surface area contributed by atoms with Gasteiger partial charge in [-0.25, -0.2) is 0 Å². The third kappa shape index (κ3) is 7.21. The second kappa shape index (κ2) is 12.4. The maximum Gasteiger partial charge on any atom is 0.262 e. The lowest BCUT2D eigenvalue weighted by molar-refractivity contribution is -0.118. The van der Waals surface area contributed by atoms with Crippen LogP contribution in [0.1, 0.15) is 50.7 Å². The van der Waals surface area contributed by atoms with Crippen molar-refractivity contribution in [2.24, 2.45) is 5.92 Å². The molecule has 0 saturated heterocycles. The lowest BCUT2D eigenvalue weighted by Crippen LogP contribution is -2.41. The van der Waals surface area contributed by atoms with Crippen molar-refractivity contribution in [1.29, 1.82) is 5.26 Å². The number of nitriles is 1. The Morgan fingerprint density at radius 1 is 1.24 bits per heavy atom. The predicted octanol–water partition coefficient (Wildman–Crippen LogP) is 6.63. The molecule has 0 unspecified atom stereocenters. The summed E-state index contributed by atoms with van der Waals surface area (Å²) in [7, 11) is 0. The zero-order valence-corrected chi connectivity index (χ0v) is 22.6. The minimum Gasteiger partial charge on any atom is -0.490 e. The van der Waals surface area contributed by atoms with E-state index in [9.17, 15) is 10.1 Å². The van der Waals surface area contributed by atoms with Crippen LogP contribution in [0.15, 0.2) is 46.4 Å². The van der Waals surface area contributed by atoms with Gasteiger partial charge in [-0.3, -0.25) is 4.79 Å². The fraction of sp³-hybridized carbons (Fsp3) is 0.385. The Labute approximate surface area is 217 Å². The Hall–Kier alpha value is -2.05. The molecule has 1 N–H and O–H groups in total. The van der Waals surface area contributed by atoms with Crippen LogP contribution >= 0.6 is 38.5 Å². The summed E-state index contributed by atoms with van der Waals surface area (Å²) >= 11 is 5.64. The lowest BCUT2D eigenvalue weighted by Gasteiger charge is -2.29. The van der Waals surface area contributed by atoms with Crippen molar-refractivity contribution in [2.75, 3.05) is 6.61 Å². The first kappa shape index (κ1) is 25.6. The van der Waals surface area contributed by atoms with Crippen LogP contribution in [-0.2, 0) is 11.4 Å². The average Bonchev–Trinajstić information content (AvgIpc) is 2.79. The molecule has 0 heterocycles. The summed E-state index contributed by atoms with van der Waals surface area (Å²) < 4.78 is 13.8. The standard InChI is InChI=1S/C26H28BrIN2O3/c1-3-32-24-14-19(12-20(15-29)26(31)30-23-7-5-4-6-17(23)2)13-22(28)25(24)33-16-18-8-10-21(27)11-9-18/h8-14,17,23H,3-7,16H2,1-2H3,(H,30,31)/b20-12+/t17-,23-/m1/s1. The maximum atomic E-state index is 12.8. The van der Waals surface area contributed by atoms with Crippen molar-refractivity contribution in [3.05, 3.63) is 61.1 Å². The van der Waals surface area contributed by atoms with Gasteiger partial charge < -0.3 is 14.8 Å². The summed E-state index contributed by atoms with van der Waals surface area (Å²) in [5.74, 6) is 1.35. The normalized spacial score (nSPS) is 18.3. The van der Waals surface area contributed by atoms with Gasteiger partial charge in [0.25, 0.3) is 5.91 Å². The molecule has 0 aromatic heterocycles. The molecule has 0 aliphatic heterocycles. The number of carbonyl (C=O) groups excluding carboxylic acids is 1. The van der Waals surface area contributed by atoms with Gasteiger partial charge in [-0.2, -0.15) is 5.26 Å². The number of amides is 1. The highest BCUT2D eigenvalue weighted by molar-refractivity contribution is 14.1. The number of rotatable bonds is 8. The molecule has 1 fully saturated rings. The highest BCUT2D eigenvalue weighted by Crippen LogP contribution is 2.35. The minimum atomic E-state index is -0.320. The summed E-state index contributed by atoms with van der Waals surface area (Å²) in [4.78, 5) is 12.8. The molecule has 0 bridgehead atoms. The SMILES string of the molecule is CCOc1cc(/C=C(\C#N)C(=O)N[C@@H]2CCCC[C@H]2C)cc(I)c1OCc1ccc(Br)cc1. The number of halogens is 2. The van der Waals surface area contributed by atoms with Crippen molar-refractivity contribution in [3.8, 4) is 17.6 Å². The van der Waals surface area contributed by atoms with E-state index in [1.165, 1.54) is 6.42 Å². The molecule has 1 aliphatic rings. The van der Waals surface area contributed by atoms with E-state index in [2.05, 4.69) is 56.8 Å². The molecule has 3 rings (SSSR count). The molecule has 1 amide bonds. The van der Waals surface area contributed by atoms with Crippen LogP contribution in [-0.4, -0.2) is 18.6 Å². The second-order valence-corrected chi connectivity index (χ2v) is 10.3. The van der Waals surface area contributed by atoms with Crippen LogP contribution in [0.2, 0.25) is 0 Å². The molecule has 1 saturated carbocycles. The Morgan fingerprint density at radius 3 is 2.64 bits per heavy atom. The number of carbonyl (C=O) groups is 1. The van der Waals surface area contributed by atoms with Crippen LogP contribution in [0.5, 0.6) is 11.5 Å². The topological polar surface area (TPSA) is 71.3 Å². The molecule has 1 aliphatic carbocycles. The summed E-state index contributed by atoms with van der Waals surface area (Å²) in [6.45, 7) is 4.95. The Bertz CT molecular complexity index is 1050. The van der Waals surface area contributed by atoms with Crippen LogP contribution in [0, 0.1) is 20.8 Å². The first-order valence-electron chi connectivity index (χ1n) is 11.2. The molecule has 2 atom stereocenters. The van der Waals surface area contributed by atoms with Crippen LogP contribution in [0.25, 0.3) is 6.08 Å². The zero-order chi connectivity index (χ0) is 23.8. The van der Waals surface area contributed by atoms with E-state index in [1.807, 2.05) is 43.3 Å². The van der Waals surface area contributed by atoms with Gasteiger partial charge in [-0.15, -0.1) is 0 Å². The largest absolute Gasteiger partial charge is 0.490 e. The molecule has 0 spiro atoms. The van der Waals surface area contributed by atoms with Crippen LogP contribution in [0.3, 0.4) is 0 Å². The van der Waals surface area contributed by atoms with Gasteiger partial charge in [-0.1, -0.05) is 47.8 Å². The van der Waals surface area contributed by atoms with Crippen molar-refractivity contribution in [1.82, 2.24) is 5.32 Å². The van der Waals surface area contributed by atoms with E-state index in [4.69, 9.17) is 9.47 Å². The zero-order valence-electron chi connectivity index (χ0n) is 18.9. The van der Waals surface area contributed by atoms with E-state index in [0.717, 1.165) is 38.4 Å². The number of hydrogen-bond acceptors (Lipinski definition) is 4. The first-order chi connectivity index (χ1) is 15.9. The number of benzene rings is 2. The quantitative estimate of drug-likeness (QED) is 0.204. The fourth-order valence-electron chi connectivity index (χ4n) is 3.90. The van der Waals surface area contributed by atoms with Crippen molar-refractivity contribution in [2.45, 2.75) is 52.2 Å². The molecule has 5 nitrogen and oxygen atoms in total. The summed E-state index contributed by atoms with van der Waals surface area (Å²) in [6, 6.07) is 13.8. The summed E-state index contributed by atoms with van der Waals surface area (Å²) in [6.07, 6.45) is 5.99. The molecule has 7 heteroatoms. The van der Waals surface area contributed by atoms with Crippen molar-refractivity contribution < 1.29 is 14.3 Å². The molecule has 174 valence electrons. The molecule has 2 aromatic rings. The third-order valence-corrected chi connectivity index (χ3v) is 7.06. The van der Waals surface area contributed by atoms with Gasteiger partial charge in [0.15, 0.2) is 11.5 Å². The van der Waals surface area contributed by atoms with Crippen LogP contribution in [0.4, 0.5) is 0 Å². The monoisotopic (exact) mass is 622 g/mol. The smallest absolute Gasteiger partial charge is 0.262 e. The highest BCUT2D eigenvalue weighted by atomic mass is 127. The molecular formula is C26H28BrIN2O3. The Morgan fingerprint density at radius 2 is 1.97 bits per heavy atom. The second-order valence-electron chi connectivity index (χ2n) is 8.19. The van der Waals surface area contributed by atoms with E-state index in [0.29, 0.717) is 30.6 Å². The Balaban J connectivity index is 1.79. The Kier molecular flexibility index (Phi) is 9.63. The maximum absolute atomic E-state index is 12.8. The molecule has 33 heavy (non-hydrogen) atoms. The molecular weight excluding hydrogens is 595 g/mol. The highest BCUT2D eigenvalue weighted by Gasteiger charge is 2.24. The van der Waals surface area contributed by atoms with Gasteiger partial charge in [0, 0.05) is 10.5 Å². The van der Waals surface area contributed by atoms with Gasteiger partial charge in [0.05, 0.1) is 10.2 Å². The van der Waals surface area contributed by atoms with Gasteiger partial charge in [0.1, 0.15) is 18.2 Å². The van der Waals surface area contributed by atoms with E-state index >= 15 is 0 Å². The van der Waals surface area contributed by atoms with E-state index in [1.54, 1.807) is 6.08 Å². The average molecular weight is 623 g/mol. The third-order valence-electron chi connectivity index (χ3n) is 5.73. The number of nitrogens with zero attached hydrogens (tertiary/aromatic N) is 1. The van der Waals surface area contributed by atoms with E-state index < -0.39 is 0 Å². The molecule has 0 radical (unpaired) electrons. The first-order valence-corrected chi connectivity index (χ1v) is 13.0. The van der Waals surface area contributed by atoms with E-state index in [-0.39, 0.29) is 17.5 Å². The van der Waals surface area contributed by atoms with Crippen molar-refractivity contribution >= 4 is 50.5 Å². The number of hydrogen-bond donors (Lipinski definition) is 1. The van der Waals surface area contributed by atoms with Crippen LogP contribution < -0.4 is 14.8 Å². The minimum absolute atomic E-state index is 0.0922.